The van der Waals surface area contributed by atoms with E-state index in [2.05, 4.69) is 6.92 Å². The van der Waals surface area contributed by atoms with Crippen LogP contribution in [0.4, 0.5) is 0 Å². The second-order valence-corrected chi connectivity index (χ2v) is 4.88. The van der Waals surface area contributed by atoms with Crippen LogP contribution >= 0.6 is 11.8 Å². The molecule has 2 heteroatoms. The molecule has 0 spiro atoms. The summed E-state index contributed by atoms with van der Waals surface area (Å²) >= 11 is 1.77. The first-order valence-corrected chi connectivity index (χ1v) is 6.71. The summed E-state index contributed by atoms with van der Waals surface area (Å²) in [4.78, 5) is 11.4. The van der Waals surface area contributed by atoms with Crippen LogP contribution in [0.3, 0.4) is 0 Å². The van der Waals surface area contributed by atoms with Crippen LogP contribution in [0.15, 0.2) is 11.5 Å². The van der Waals surface area contributed by atoms with Gasteiger partial charge in [0.1, 0.15) is 0 Å². The lowest BCUT2D eigenvalue weighted by atomic mass is 9.98. The van der Waals surface area contributed by atoms with Crippen LogP contribution in [0.25, 0.3) is 0 Å². The number of unbranched alkanes of at least 4 members (excludes halogenated alkanes) is 4. The summed E-state index contributed by atoms with van der Waals surface area (Å²) < 4.78 is 0. The number of hydrogen-bond donors (Lipinski definition) is 0. The Morgan fingerprint density at radius 3 is 2.86 bits per heavy atom. The lowest BCUT2D eigenvalue weighted by Gasteiger charge is -2.15. The normalized spacial score (nSPS) is 21.5. The van der Waals surface area contributed by atoms with E-state index in [1.807, 2.05) is 5.41 Å². The molecule has 0 aromatic heterocycles. The van der Waals surface area contributed by atoms with Crippen molar-refractivity contribution in [3.63, 3.8) is 0 Å². The number of thioether (sulfide) groups is 1. The quantitative estimate of drug-likeness (QED) is 0.623. The summed E-state index contributed by atoms with van der Waals surface area (Å²) in [6.45, 7) is 2.23. The van der Waals surface area contributed by atoms with Crippen LogP contribution in [0.2, 0.25) is 0 Å². The molecule has 14 heavy (non-hydrogen) atoms. The number of carbonyl (C=O) groups excluding carboxylic acids is 1. The molecule has 0 fully saturated rings. The molecular formula is C12H20OS. The summed E-state index contributed by atoms with van der Waals surface area (Å²) in [5.41, 5.74) is 0. The van der Waals surface area contributed by atoms with Crippen molar-refractivity contribution in [2.45, 2.75) is 45.4 Å². The standard InChI is InChI=1S/C12H20OS/c1-2-3-4-5-6-7-11-10-14-9-8-12(11)13/h8-9,11H,2-7,10H2,1H3. The highest BCUT2D eigenvalue weighted by molar-refractivity contribution is 8.02. The molecule has 0 bridgehead atoms. The predicted molar refractivity (Wildman–Crippen MR) is 63.5 cm³/mol. The van der Waals surface area contributed by atoms with E-state index in [-0.39, 0.29) is 0 Å². The maximum absolute atomic E-state index is 11.4. The minimum absolute atomic E-state index is 0.312. The number of allylic oxidation sites excluding steroid dienone is 1. The van der Waals surface area contributed by atoms with Crippen LogP contribution in [0.5, 0.6) is 0 Å². The highest BCUT2D eigenvalue weighted by Crippen LogP contribution is 2.22. The Hall–Kier alpha value is -0.240. The summed E-state index contributed by atoms with van der Waals surface area (Å²) in [5.74, 6) is 1.66. The molecular weight excluding hydrogens is 192 g/mol. The minimum Gasteiger partial charge on any atom is -0.294 e. The average molecular weight is 212 g/mol. The Morgan fingerprint density at radius 1 is 1.36 bits per heavy atom. The molecule has 0 aromatic carbocycles. The molecule has 1 unspecified atom stereocenters. The van der Waals surface area contributed by atoms with E-state index in [0.29, 0.717) is 11.7 Å². The van der Waals surface area contributed by atoms with Gasteiger partial charge in [0, 0.05) is 11.7 Å². The molecule has 0 amide bonds. The van der Waals surface area contributed by atoms with Gasteiger partial charge in [0.2, 0.25) is 0 Å². The first-order valence-electron chi connectivity index (χ1n) is 5.66. The smallest absolute Gasteiger partial charge is 0.160 e. The van der Waals surface area contributed by atoms with E-state index in [1.165, 1.54) is 32.1 Å². The monoisotopic (exact) mass is 212 g/mol. The molecule has 0 aromatic rings. The maximum atomic E-state index is 11.4. The van der Waals surface area contributed by atoms with Crippen molar-refractivity contribution in [1.29, 1.82) is 0 Å². The summed E-state index contributed by atoms with van der Waals surface area (Å²) in [6, 6.07) is 0. The van der Waals surface area contributed by atoms with Gasteiger partial charge < -0.3 is 0 Å². The molecule has 0 radical (unpaired) electrons. The third-order valence-corrected chi connectivity index (χ3v) is 3.61. The van der Waals surface area contributed by atoms with Crippen LogP contribution in [-0.4, -0.2) is 11.5 Å². The van der Waals surface area contributed by atoms with Crippen LogP contribution in [0.1, 0.15) is 45.4 Å². The minimum atomic E-state index is 0.312. The Balaban J connectivity index is 2.06. The summed E-state index contributed by atoms with van der Waals surface area (Å²) in [6.07, 6.45) is 9.33. The van der Waals surface area contributed by atoms with Gasteiger partial charge in [-0.3, -0.25) is 4.79 Å². The average Bonchev–Trinajstić information content (AvgIpc) is 2.20. The number of rotatable bonds is 6. The topological polar surface area (TPSA) is 17.1 Å². The van der Waals surface area contributed by atoms with Gasteiger partial charge in [-0.05, 0) is 17.9 Å². The molecule has 1 rings (SSSR count). The Labute approximate surface area is 91.3 Å². The van der Waals surface area contributed by atoms with Crippen molar-refractivity contribution in [2.24, 2.45) is 5.92 Å². The van der Waals surface area contributed by atoms with Crippen molar-refractivity contribution in [1.82, 2.24) is 0 Å². The highest BCUT2D eigenvalue weighted by Gasteiger charge is 2.17. The van der Waals surface area contributed by atoms with E-state index >= 15 is 0 Å². The van der Waals surface area contributed by atoms with Gasteiger partial charge in [-0.25, -0.2) is 0 Å². The Morgan fingerprint density at radius 2 is 2.14 bits per heavy atom. The molecule has 1 heterocycles. The molecule has 0 N–H and O–H groups in total. The molecule has 0 saturated carbocycles. The van der Waals surface area contributed by atoms with Gasteiger partial charge in [-0.1, -0.05) is 39.0 Å². The van der Waals surface area contributed by atoms with Crippen LogP contribution in [-0.2, 0) is 4.79 Å². The molecule has 1 aliphatic rings. The Kier molecular flexibility index (Phi) is 6.00. The molecule has 1 nitrogen and oxygen atoms in total. The zero-order chi connectivity index (χ0) is 10.2. The van der Waals surface area contributed by atoms with E-state index in [1.54, 1.807) is 17.8 Å². The molecule has 1 aliphatic heterocycles. The van der Waals surface area contributed by atoms with Crippen molar-refractivity contribution in [2.75, 3.05) is 5.75 Å². The van der Waals surface area contributed by atoms with Crippen molar-refractivity contribution in [3.05, 3.63) is 11.5 Å². The zero-order valence-electron chi connectivity index (χ0n) is 9.00. The van der Waals surface area contributed by atoms with Crippen LogP contribution in [0, 0.1) is 5.92 Å². The van der Waals surface area contributed by atoms with Gasteiger partial charge in [0.15, 0.2) is 5.78 Å². The van der Waals surface area contributed by atoms with Crippen molar-refractivity contribution in [3.8, 4) is 0 Å². The van der Waals surface area contributed by atoms with Crippen LogP contribution < -0.4 is 0 Å². The van der Waals surface area contributed by atoms with Gasteiger partial charge in [-0.2, -0.15) is 0 Å². The van der Waals surface area contributed by atoms with Gasteiger partial charge >= 0.3 is 0 Å². The van der Waals surface area contributed by atoms with E-state index in [0.717, 1.165) is 12.2 Å². The molecule has 0 saturated heterocycles. The van der Waals surface area contributed by atoms with Gasteiger partial charge in [-0.15, -0.1) is 11.8 Å². The van der Waals surface area contributed by atoms with Gasteiger partial charge in [0.25, 0.3) is 0 Å². The third-order valence-electron chi connectivity index (χ3n) is 2.68. The lowest BCUT2D eigenvalue weighted by molar-refractivity contribution is -0.117. The van der Waals surface area contributed by atoms with E-state index < -0.39 is 0 Å². The first kappa shape index (κ1) is 11.8. The zero-order valence-corrected chi connectivity index (χ0v) is 9.81. The summed E-state index contributed by atoms with van der Waals surface area (Å²) in [7, 11) is 0. The number of carbonyl (C=O) groups is 1. The second kappa shape index (κ2) is 7.10. The number of hydrogen-bond acceptors (Lipinski definition) is 2. The maximum Gasteiger partial charge on any atom is 0.160 e. The molecule has 80 valence electrons. The SMILES string of the molecule is CCCCCCCC1CSC=CC1=O. The van der Waals surface area contributed by atoms with Gasteiger partial charge in [0.05, 0.1) is 0 Å². The van der Waals surface area contributed by atoms with E-state index in [9.17, 15) is 4.79 Å². The van der Waals surface area contributed by atoms with Crippen molar-refractivity contribution >= 4 is 17.5 Å². The Bertz CT molecular complexity index is 198. The van der Waals surface area contributed by atoms with Crippen molar-refractivity contribution < 1.29 is 4.79 Å². The number of ketones is 1. The fraction of sp³-hybridized carbons (Fsp3) is 0.750. The third kappa shape index (κ3) is 4.32. The largest absolute Gasteiger partial charge is 0.294 e. The second-order valence-electron chi connectivity index (χ2n) is 3.94. The first-order chi connectivity index (χ1) is 6.84. The lowest BCUT2D eigenvalue weighted by Crippen LogP contribution is -2.17. The summed E-state index contributed by atoms with van der Waals surface area (Å²) in [5, 5.41) is 1.93. The molecule has 0 aliphatic carbocycles. The van der Waals surface area contributed by atoms with E-state index in [4.69, 9.17) is 0 Å². The predicted octanol–water partition coefficient (Wildman–Crippen LogP) is 3.79. The highest BCUT2D eigenvalue weighted by atomic mass is 32.2. The molecule has 1 atom stereocenters. The fourth-order valence-corrected chi connectivity index (χ4v) is 2.63. The fourth-order valence-electron chi connectivity index (χ4n) is 1.72.